The van der Waals surface area contributed by atoms with Crippen LogP contribution >= 0.6 is 15.9 Å². The molecule has 20 heavy (non-hydrogen) atoms. The van der Waals surface area contributed by atoms with Gasteiger partial charge in [-0.3, -0.25) is 0 Å². The van der Waals surface area contributed by atoms with Gasteiger partial charge in [0.1, 0.15) is 5.82 Å². The minimum absolute atomic E-state index is 0.0875. The molecule has 2 aromatic rings. The molecule has 1 unspecified atom stereocenters. The third-order valence-electron chi connectivity index (χ3n) is 3.25. The summed E-state index contributed by atoms with van der Waals surface area (Å²) in [6, 6.07) is 14.4. The maximum absolute atomic E-state index is 13.5. The van der Waals surface area contributed by atoms with Gasteiger partial charge in [0.05, 0.1) is 6.10 Å². The maximum atomic E-state index is 13.5. The topological polar surface area (TPSA) is 32.3 Å². The van der Waals surface area contributed by atoms with E-state index in [1.54, 1.807) is 18.2 Å². The fourth-order valence-electron chi connectivity index (χ4n) is 2.01. The summed E-state index contributed by atoms with van der Waals surface area (Å²) in [5, 5.41) is 13.2. The van der Waals surface area contributed by atoms with E-state index in [1.165, 1.54) is 6.07 Å². The number of halogens is 2. The molecule has 2 nitrogen and oxygen atoms in total. The van der Waals surface area contributed by atoms with Gasteiger partial charge in [0.25, 0.3) is 0 Å². The van der Waals surface area contributed by atoms with Crippen LogP contribution in [0.1, 0.15) is 30.2 Å². The first kappa shape index (κ1) is 15.2. The Morgan fingerprint density at radius 2 is 1.80 bits per heavy atom. The van der Waals surface area contributed by atoms with Crippen LogP contribution in [0.2, 0.25) is 0 Å². The molecule has 2 aromatic carbocycles. The molecular formula is C16H17BrFNO. The maximum Gasteiger partial charge on any atom is 0.129 e. The van der Waals surface area contributed by atoms with E-state index in [2.05, 4.69) is 21.2 Å². The zero-order valence-corrected chi connectivity index (χ0v) is 12.8. The Morgan fingerprint density at radius 1 is 1.15 bits per heavy atom. The lowest BCUT2D eigenvalue weighted by Crippen LogP contribution is -2.25. The van der Waals surface area contributed by atoms with Gasteiger partial charge in [-0.2, -0.15) is 0 Å². The van der Waals surface area contributed by atoms with Crippen LogP contribution < -0.4 is 5.32 Å². The van der Waals surface area contributed by atoms with Gasteiger partial charge < -0.3 is 10.4 Å². The SMILES string of the molecule is C[C@@H](NCC(O)c1ccccc1F)c1ccc(Br)cc1. The first-order valence-electron chi connectivity index (χ1n) is 6.49. The van der Waals surface area contributed by atoms with Crippen molar-refractivity contribution in [1.29, 1.82) is 0 Å². The zero-order chi connectivity index (χ0) is 14.5. The van der Waals surface area contributed by atoms with Crippen LogP contribution in [0.5, 0.6) is 0 Å². The molecule has 4 heteroatoms. The molecule has 0 heterocycles. The van der Waals surface area contributed by atoms with E-state index in [-0.39, 0.29) is 11.9 Å². The van der Waals surface area contributed by atoms with Crippen LogP contribution in [0.3, 0.4) is 0 Å². The van der Waals surface area contributed by atoms with E-state index in [0.29, 0.717) is 12.1 Å². The highest BCUT2D eigenvalue weighted by Crippen LogP contribution is 2.19. The fourth-order valence-corrected chi connectivity index (χ4v) is 2.28. The lowest BCUT2D eigenvalue weighted by atomic mass is 10.1. The third-order valence-corrected chi connectivity index (χ3v) is 3.78. The quantitative estimate of drug-likeness (QED) is 0.865. The second-order valence-corrected chi connectivity index (χ2v) is 5.63. The van der Waals surface area contributed by atoms with Gasteiger partial charge in [0, 0.05) is 22.6 Å². The second kappa shape index (κ2) is 6.97. The highest BCUT2D eigenvalue weighted by Gasteiger charge is 2.13. The van der Waals surface area contributed by atoms with Crippen LogP contribution in [0, 0.1) is 5.82 Å². The van der Waals surface area contributed by atoms with E-state index in [0.717, 1.165) is 10.0 Å². The standard InChI is InChI=1S/C16H17BrFNO/c1-11(12-6-8-13(17)9-7-12)19-10-16(20)14-4-2-3-5-15(14)18/h2-9,11,16,19-20H,10H2,1H3/t11-,16?/m1/s1. The molecule has 2 atom stereocenters. The number of hydrogen-bond acceptors (Lipinski definition) is 2. The van der Waals surface area contributed by atoms with Gasteiger partial charge in [-0.05, 0) is 30.7 Å². The monoisotopic (exact) mass is 337 g/mol. The largest absolute Gasteiger partial charge is 0.387 e. The van der Waals surface area contributed by atoms with E-state index < -0.39 is 6.10 Å². The summed E-state index contributed by atoms with van der Waals surface area (Å²) in [7, 11) is 0. The van der Waals surface area contributed by atoms with Gasteiger partial charge in [-0.1, -0.05) is 46.3 Å². The third kappa shape index (κ3) is 3.88. The Labute approximate surface area is 126 Å². The minimum Gasteiger partial charge on any atom is -0.387 e. The van der Waals surface area contributed by atoms with Crippen molar-refractivity contribution in [2.45, 2.75) is 19.1 Å². The smallest absolute Gasteiger partial charge is 0.129 e. The Morgan fingerprint density at radius 3 is 2.45 bits per heavy atom. The summed E-state index contributed by atoms with van der Waals surface area (Å²) < 4.78 is 14.6. The molecule has 0 saturated carbocycles. The molecular weight excluding hydrogens is 321 g/mol. The van der Waals surface area contributed by atoms with Crippen LogP contribution in [-0.4, -0.2) is 11.7 Å². The lowest BCUT2D eigenvalue weighted by molar-refractivity contribution is 0.166. The van der Waals surface area contributed by atoms with E-state index >= 15 is 0 Å². The Kier molecular flexibility index (Phi) is 5.29. The zero-order valence-electron chi connectivity index (χ0n) is 11.2. The first-order valence-corrected chi connectivity index (χ1v) is 7.28. The van der Waals surface area contributed by atoms with E-state index in [1.807, 2.05) is 31.2 Å². The van der Waals surface area contributed by atoms with Crippen molar-refractivity contribution in [1.82, 2.24) is 5.32 Å². The Hall–Kier alpha value is -1.23. The van der Waals surface area contributed by atoms with Crippen molar-refractivity contribution in [3.8, 4) is 0 Å². The normalized spacial score (nSPS) is 14.0. The molecule has 0 bridgehead atoms. The van der Waals surface area contributed by atoms with Crippen LogP contribution in [0.15, 0.2) is 53.0 Å². The van der Waals surface area contributed by atoms with Gasteiger partial charge in [-0.15, -0.1) is 0 Å². The molecule has 0 radical (unpaired) electrons. The summed E-state index contributed by atoms with van der Waals surface area (Å²) in [5.74, 6) is -0.377. The number of rotatable bonds is 5. The molecule has 0 saturated heterocycles. The summed E-state index contributed by atoms with van der Waals surface area (Å²) >= 11 is 3.39. The lowest BCUT2D eigenvalue weighted by Gasteiger charge is -2.18. The molecule has 0 aliphatic heterocycles. The van der Waals surface area contributed by atoms with Crippen LogP contribution in [0.25, 0.3) is 0 Å². The number of nitrogens with one attached hydrogen (secondary N) is 1. The Balaban J connectivity index is 1.95. The molecule has 0 aliphatic carbocycles. The molecule has 106 valence electrons. The van der Waals surface area contributed by atoms with Crippen molar-refractivity contribution in [2.75, 3.05) is 6.54 Å². The molecule has 2 N–H and O–H groups in total. The fraction of sp³-hybridized carbons (Fsp3) is 0.250. The van der Waals surface area contributed by atoms with E-state index in [4.69, 9.17) is 0 Å². The van der Waals surface area contributed by atoms with Gasteiger partial charge in [-0.25, -0.2) is 4.39 Å². The number of hydrogen-bond donors (Lipinski definition) is 2. The average molecular weight is 338 g/mol. The van der Waals surface area contributed by atoms with Crippen molar-refractivity contribution in [3.05, 3.63) is 69.9 Å². The number of aliphatic hydroxyl groups is 1. The summed E-state index contributed by atoms with van der Waals surface area (Å²) in [5.41, 5.74) is 1.44. The molecule has 0 fully saturated rings. The molecule has 0 aromatic heterocycles. The average Bonchev–Trinajstić information content (AvgIpc) is 2.45. The van der Waals surface area contributed by atoms with Crippen LogP contribution in [-0.2, 0) is 0 Å². The molecule has 0 amide bonds. The first-order chi connectivity index (χ1) is 9.58. The van der Waals surface area contributed by atoms with Crippen molar-refractivity contribution >= 4 is 15.9 Å². The summed E-state index contributed by atoms with van der Waals surface area (Å²) in [6.45, 7) is 2.31. The van der Waals surface area contributed by atoms with Crippen molar-refractivity contribution in [3.63, 3.8) is 0 Å². The van der Waals surface area contributed by atoms with Gasteiger partial charge in [0.2, 0.25) is 0 Å². The minimum atomic E-state index is -0.853. The summed E-state index contributed by atoms with van der Waals surface area (Å²) in [4.78, 5) is 0. The number of benzene rings is 2. The van der Waals surface area contributed by atoms with Crippen molar-refractivity contribution in [2.24, 2.45) is 0 Å². The highest BCUT2D eigenvalue weighted by atomic mass is 79.9. The molecule has 2 rings (SSSR count). The second-order valence-electron chi connectivity index (χ2n) is 4.72. The molecule has 0 spiro atoms. The predicted molar refractivity (Wildman–Crippen MR) is 81.9 cm³/mol. The number of aliphatic hydroxyl groups excluding tert-OH is 1. The molecule has 0 aliphatic rings. The summed E-state index contributed by atoms with van der Waals surface area (Å²) in [6.07, 6.45) is -0.853. The highest BCUT2D eigenvalue weighted by molar-refractivity contribution is 9.10. The van der Waals surface area contributed by atoms with E-state index in [9.17, 15) is 9.50 Å². The van der Waals surface area contributed by atoms with Crippen molar-refractivity contribution < 1.29 is 9.50 Å². The predicted octanol–water partition coefficient (Wildman–Crippen LogP) is 3.97. The Bertz CT molecular complexity index is 559. The van der Waals surface area contributed by atoms with Gasteiger partial charge >= 0.3 is 0 Å². The van der Waals surface area contributed by atoms with Crippen LogP contribution in [0.4, 0.5) is 4.39 Å². The van der Waals surface area contributed by atoms with Gasteiger partial charge in [0.15, 0.2) is 0 Å².